The zero-order chi connectivity index (χ0) is 17.4. The second-order valence-electron chi connectivity index (χ2n) is 4.57. The number of nitrogens with one attached hydrogen (secondary N) is 1. The molecule has 1 N–H and O–H groups in total. The Hall–Kier alpha value is -3.22. The second kappa shape index (κ2) is 8.42. The van der Waals surface area contributed by atoms with Crippen LogP contribution >= 0.6 is 0 Å². The molecule has 126 valence electrons. The maximum Gasteiger partial charge on any atom is 0.331 e. The highest BCUT2D eigenvalue weighted by Gasteiger charge is 2.10. The minimum Gasteiger partial charge on any atom is -0.497 e. The van der Waals surface area contributed by atoms with Crippen molar-refractivity contribution >= 4 is 23.6 Å². The number of benzene rings is 1. The number of esters is 1. The van der Waals surface area contributed by atoms with E-state index in [0.29, 0.717) is 22.9 Å². The van der Waals surface area contributed by atoms with E-state index in [-0.39, 0.29) is 0 Å². The van der Waals surface area contributed by atoms with Crippen LogP contribution in [0, 0.1) is 0 Å². The number of furan rings is 1. The number of ether oxygens (including phenoxy) is 3. The lowest BCUT2D eigenvalue weighted by Gasteiger charge is -2.11. The van der Waals surface area contributed by atoms with Gasteiger partial charge in [0.1, 0.15) is 17.3 Å². The first kappa shape index (κ1) is 17.1. The van der Waals surface area contributed by atoms with Crippen molar-refractivity contribution in [1.82, 2.24) is 0 Å². The van der Waals surface area contributed by atoms with Gasteiger partial charge < -0.3 is 23.9 Å². The molecule has 0 atom stereocenters. The van der Waals surface area contributed by atoms with E-state index in [2.05, 4.69) is 5.32 Å². The van der Waals surface area contributed by atoms with Crippen molar-refractivity contribution in [3.63, 3.8) is 0 Å². The molecule has 1 amide bonds. The average Bonchev–Trinajstić information content (AvgIpc) is 3.12. The zero-order valence-corrected chi connectivity index (χ0v) is 13.3. The molecule has 0 bridgehead atoms. The number of hydrogen-bond donors (Lipinski definition) is 1. The van der Waals surface area contributed by atoms with Crippen LogP contribution in [0.5, 0.6) is 11.5 Å². The number of carbonyl (C=O) groups excluding carboxylic acids is 2. The Kier molecular flexibility index (Phi) is 6.01. The highest BCUT2D eigenvalue weighted by molar-refractivity contribution is 5.95. The lowest BCUT2D eigenvalue weighted by Crippen LogP contribution is -2.20. The molecule has 0 aliphatic carbocycles. The SMILES string of the molecule is COc1ccc(NC(=O)COC(=O)C=Cc2ccco2)c(OC)c1. The number of amides is 1. The van der Waals surface area contributed by atoms with Gasteiger partial charge in [0, 0.05) is 12.1 Å². The van der Waals surface area contributed by atoms with Gasteiger partial charge in [-0.2, -0.15) is 0 Å². The number of methoxy groups -OCH3 is 2. The Morgan fingerprint density at radius 3 is 2.71 bits per heavy atom. The third kappa shape index (κ3) is 4.91. The molecule has 2 rings (SSSR count). The number of hydrogen-bond acceptors (Lipinski definition) is 6. The van der Waals surface area contributed by atoms with Crippen molar-refractivity contribution in [1.29, 1.82) is 0 Å². The van der Waals surface area contributed by atoms with Crippen LogP contribution in [0.3, 0.4) is 0 Å². The molecule has 0 aliphatic rings. The van der Waals surface area contributed by atoms with Crippen LogP contribution in [0.15, 0.2) is 47.1 Å². The topological polar surface area (TPSA) is 87.0 Å². The number of carbonyl (C=O) groups is 2. The Morgan fingerprint density at radius 1 is 1.21 bits per heavy atom. The van der Waals surface area contributed by atoms with Gasteiger partial charge in [0.25, 0.3) is 5.91 Å². The van der Waals surface area contributed by atoms with Crippen LogP contribution < -0.4 is 14.8 Å². The van der Waals surface area contributed by atoms with Crippen molar-refractivity contribution < 1.29 is 28.2 Å². The van der Waals surface area contributed by atoms with E-state index in [1.165, 1.54) is 32.6 Å². The van der Waals surface area contributed by atoms with Crippen molar-refractivity contribution in [2.75, 3.05) is 26.1 Å². The molecule has 0 fully saturated rings. The number of rotatable bonds is 7. The molecule has 1 heterocycles. The molecule has 0 aliphatic heterocycles. The van der Waals surface area contributed by atoms with Gasteiger partial charge in [0.15, 0.2) is 6.61 Å². The molecule has 0 saturated carbocycles. The molecule has 24 heavy (non-hydrogen) atoms. The van der Waals surface area contributed by atoms with Gasteiger partial charge in [-0.1, -0.05) is 0 Å². The minimum atomic E-state index is -0.650. The average molecular weight is 331 g/mol. The third-order valence-electron chi connectivity index (χ3n) is 2.96. The molecule has 0 unspecified atom stereocenters. The summed E-state index contributed by atoms with van der Waals surface area (Å²) in [4.78, 5) is 23.4. The Labute approximate surface area is 138 Å². The van der Waals surface area contributed by atoms with Gasteiger partial charge >= 0.3 is 5.97 Å². The summed E-state index contributed by atoms with van der Waals surface area (Å²) in [6.07, 6.45) is 4.12. The van der Waals surface area contributed by atoms with Crippen LogP contribution in [-0.4, -0.2) is 32.7 Å². The molecule has 7 nitrogen and oxygen atoms in total. The lowest BCUT2D eigenvalue weighted by molar-refractivity contribution is -0.142. The summed E-state index contributed by atoms with van der Waals surface area (Å²) in [5.41, 5.74) is 0.450. The second-order valence-corrected chi connectivity index (χ2v) is 4.57. The standard InChI is InChI=1S/C17H17NO6/c1-21-13-5-7-14(15(10-13)22-2)18-16(19)11-24-17(20)8-6-12-4-3-9-23-12/h3-10H,11H2,1-2H3,(H,18,19). The summed E-state index contributed by atoms with van der Waals surface area (Å²) in [5.74, 6) is 0.409. The Morgan fingerprint density at radius 2 is 2.04 bits per heavy atom. The smallest absolute Gasteiger partial charge is 0.331 e. The summed E-state index contributed by atoms with van der Waals surface area (Å²) in [7, 11) is 3.01. The molecule has 1 aromatic heterocycles. The molecular weight excluding hydrogens is 314 g/mol. The molecule has 0 saturated heterocycles. The number of anilines is 1. The van der Waals surface area contributed by atoms with Gasteiger partial charge in [0.05, 0.1) is 26.2 Å². The van der Waals surface area contributed by atoms with E-state index in [1.54, 1.807) is 30.3 Å². The first-order valence-electron chi connectivity index (χ1n) is 7.02. The minimum absolute atomic E-state index is 0.420. The van der Waals surface area contributed by atoms with Crippen molar-refractivity contribution in [3.05, 3.63) is 48.4 Å². The highest BCUT2D eigenvalue weighted by Crippen LogP contribution is 2.28. The highest BCUT2D eigenvalue weighted by atomic mass is 16.5. The van der Waals surface area contributed by atoms with Crippen LogP contribution in [0.2, 0.25) is 0 Å². The van der Waals surface area contributed by atoms with Gasteiger partial charge in [-0.25, -0.2) is 4.79 Å². The molecule has 1 aromatic carbocycles. The Balaban J connectivity index is 1.86. The van der Waals surface area contributed by atoms with Crippen molar-refractivity contribution in [2.45, 2.75) is 0 Å². The summed E-state index contributed by atoms with van der Waals surface area (Å²) in [6.45, 7) is -0.420. The van der Waals surface area contributed by atoms with Gasteiger partial charge in [0.2, 0.25) is 0 Å². The maximum absolute atomic E-state index is 11.9. The molecular formula is C17H17NO6. The monoisotopic (exact) mass is 331 g/mol. The van der Waals surface area contributed by atoms with Gasteiger partial charge in [-0.3, -0.25) is 4.79 Å². The fourth-order valence-corrected chi connectivity index (χ4v) is 1.81. The summed E-state index contributed by atoms with van der Waals surface area (Å²) in [5, 5.41) is 2.60. The quantitative estimate of drug-likeness (QED) is 0.619. The largest absolute Gasteiger partial charge is 0.497 e. The lowest BCUT2D eigenvalue weighted by atomic mass is 10.2. The van der Waals surface area contributed by atoms with Crippen LogP contribution in [0.1, 0.15) is 5.76 Å². The normalized spacial score (nSPS) is 10.4. The van der Waals surface area contributed by atoms with E-state index in [9.17, 15) is 9.59 Å². The maximum atomic E-state index is 11.9. The first-order valence-corrected chi connectivity index (χ1v) is 7.02. The van der Waals surface area contributed by atoms with E-state index in [1.807, 2.05) is 0 Å². The Bertz CT molecular complexity index is 721. The van der Waals surface area contributed by atoms with Gasteiger partial charge in [-0.05, 0) is 30.3 Å². The third-order valence-corrected chi connectivity index (χ3v) is 2.96. The van der Waals surface area contributed by atoms with E-state index in [0.717, 1.165) is 0 Å². The summed E-state index contributed by atoms with van der Waals surface area (Å²) in [6, 6.07) is 8.32. The van der Waals surface area contributed by atoms with E-state index in [4.69, 9.17) is 18.6 Å². The molecule has 2 aromatic rings. The van der Waals surface area contributed by atoms with Crippen molar-refractivity contribution in [2.24, 2.45) is 0 Å². The van der Waals surface area contributed by atoms with E-state index < -0.39 is 18.5 Å². The molecule has 7 heteroatoms. The van der Waals surface area contributed by atoms with Crippen LogP contribution in [-0.2, 0) is 14.3 Å². The predicted octanol–water partition coefficient (Wildman–Crippen LogP) is 2.49. The fourth-order valence-electron chi connectivity index (χ4n) is 1.81. The van der Waals surface area contributed by atoms with Crippen molar-refractivity contribution in [3.8, 4) is 11.5 Å². The first-order chi connectivity index (χ1) is 11.6. The summed E-state index contributed by atoms with van der Waals surface area (Å²) < 4.78 is 20.1. The molecule has 0 spiro atoms. The zero-order valence-electron chi connectivity index (χ0n) is 13.3. The molecule has 0 radical (unpaired) electrons. The fraction of sp³-hybridized carbons (Fsp3) is 0.176. The van der Waals surface area contributed by atoms with E-state index >= 15 is 0 Å². The summed E-state index contributed by atoms with van der Waals surface area (Å²) >= 11 is 0. The van der Waals surface area contributed by atoms with Crippen LogP contribution in [0.4, 0.5) is 5.69 Å². The van der Waals surface area contributed by atoms with Gasteiger partial charge in [-0.15, -0.1) is 0 Å². The van der Waals surface area contributed by atoms with Crippen LogP contribution in [0.25, 0.3) is 6.08 Å². The predicted molar refractivity (Wildman–Crippen MR) is 86.9 cm³/mol.